The average molecular weight is 894 g/mol. The summed E-state index contributed by atoms with van der Waals surface area (Å²) >= 11 is 0. The molecule has 14 heteroatoms. The second-order valence-corrected chi connectivity index (χ2v) is 22.5. The van der Waals surface area contributed by atoms with Gasteiger partial charge in [0.25, 0.3) is 0 Å². The smallest absolute Gasteiger partial charge is 0.419 e. The minimum absolute atomic E-state index is 0.00701. The van der Waals surface area contributed by atoms with Gasteiger partial charge in [-0.2, -0.15) is 5.10 Å². The van der Waals surface area contributed by atoms with Crippen LogP contribution in [-0.4, -0.2) is 90.9 Å². The monoisotopic (exact) mass is 893 g/mol. The third kappa shape index (κ3) is 10.4. The summed E-state index contributed by atoms with van der Waals surface area (Å²) in [5.74, 6) is -1.11. The lowest BCUT2D eigenvalue weighted by molar-refractivity contribution is -0.248. The minimum atomic E-state index is -0.807. The predicted octanol–water partition coefficient (Wildman–Crippen LogP) is 10.9. The zero-order valence-corrected chi connectivity index (χ0v) is 40.6. The number of hydrogen-bond donors (Lipinski definition) is 0. The van der Waals surface area contributed by atoms with E-state index in [9.17, 15) is 19.2 Å². The number of amides is 2. The Hall–Kier alpha value is -5.37. The van der Waals surface area contributed by atoms with Crippen molar-refractivity contribution < 1.29 is 42.9 Å². The molecule has 4 fully saturated rings. The number of hydrogen-bond acceptors (Lipinski definition) is 12. The quantitative estimate of drug-likeness (QED) is 0.104. The molecule has 0 radical (unpaired) electrons. The van der Waals surface area contributed by atoms with E-state index in [1.165, 1.54) is 0 Å². The number of fused-ring (bicyclic) bond motifs is 1. The zero-order valence-electron chi connectivity index (χ0n) is 40.6. The summed E-state index contributed by atoms with van der Waals surface area (Å²) in [5.41, 5.74) is 0.992. The molecule has 0 spiro atoms. The highest BCUT2D eigenvalue weighted by atomic mass is 16.6. The molecule has 4 aliphatic carbocycles. The van der Waals surface area contributed by atoms with Crippen molar-refractivity contribution in [1.82, 2.24) is 24.6 Å². The van der Waals surface area contributed by atoms with Crippen molar-refractivity contribution in [3.63, 3.8) is 0 Å². The van der Waals surface area contributed by atoms with Crippen molar-refractivity contribution in [2.45, 2.75) is 157 Å². The summed E-state index contributed by atoms with van der Waals surface area (Å²) in [6, 6.07) is 11.0. The van der Waals surface area contributed by atoms with E-state index in [0.717, 1.165) is 54.7 Å². The van der Waals surface area contributed by atoms with Crippen molar-refractivity contribution >= 4 is 35.0 Å². The van der Waals surface area contributed by atoms with Crippen LogP contribution >= 0.6 is 0 Å². The fourth-order valence-corrected chi connectivity index (χ4v) is 11.7. The molecule has 0 aliphatic heterocycles. The molecule has 14 nitrogen and oxygen atoms in total. The lowest BCUT2D eigenvalue weighted by Crippen LogP contribution is -2.64. The summed E-state index contributed by atoms with van der Waals surface area (Å²) in [6.07, 6.45) is 7.47. The van der Waals surface area contributed by atoms with Gasteiger partial charge < -0.3 is 23.7 Å². The Bertz CT molecular complexity index is 2460. The van der Waals surface area contributed by atoms with Gasteiger partial charge in [-0.3, -0.25) is 9.67 Å². The van der Waals surface area contributed by atoms with E-state index in [-0.39, 0.29) is 41.7 Å². The van der Waals surface area contributed by atoms with Gasteiger partial charge in [0.15, 0.2) is 5.69 Å². The topological polar surface area (TPSA) is 161 Å². The molecule has 4 bridgehead atoms. The molecular formula is C51H67N5O9. The second-order valence-electron chi connectivity index (χ2n) is 22.5. The molecule has 1 aromatic carbocycles. The highest BCUT2D eigenvalue weighted by Crippen LogP contribution is 2.72. The van der Waals surface area contributed by atoms with Crippen LogP contribution in [0.3, 0.4) is 0 Å². The van der Waals surface area contributed by atoms with Crippen LogP contribution < -0.4 is 0 Å². The molecule has 350 valence electrons. The maximum absolute atomic E-state index is 14.1. The largest absolute Gasteiger partial charge is 0.462 e. The number of benzene rings is 1. The Morgan fingerprint density at radius 2 is 1.34 bits per heavy atom. The third-order valence-corrected chi connectivity index (χ3v) is 12.5. The Morgan fingerprint density at radius 1 is 0.723 bits per heavy atom. The number of carbonyl (C=O) groups is 4. The number of esters is 2. The molecule has 0 N–H and O–H groups in total. The van der Waals surface area contributed by atoms with E-state index in [1.54, 1.807) is 66.9 Å². The molecule has 4 saturated carbocycles. The van der Waals surface area contributed by atoms with E-state index in [2.05, 4.69) is 23.5 Å². The Balaban J connectivity index is 1.20. The van der Waals surface area contributed by atoms with Gasteiger partial charge in [0.1, 0.15) is 16.8 Å². The van der Waals surface area contributed by atoms with Crippen molar-refractivity contribution in [3.8, 4) is 22.4 Å². The molecule has 8 rings (SSSR count). The first kappa shape index (κ1) is 47.6. The number of rotatable bonds is 11. The van der Waals surface area contributed by atoms with Gasteiger partial charge in [-0.25, -0.2) is 29.1 Å². The number of para-hydroxylation sites is 1. The van der Waals surface area contributed by atoms with Gasteiger partial charge in [-0.15, -0.1) is 0 Å². The summed E-state index contributed by atoms with van der Waals surface area (Å²) in [5, 5.41) is 5.60. The van der Waals surface area contributed by atoms with Crippen LogP contribution in [-0.2, 0) is 30.2 Å². The number of carbonyl (C=O) groups excluding carboxylic acids is 4. The molecule has 2 atom stereocenters. The Morgan fingerprint density at radius 3 is 1.94 bits per heavy atom. The fourth-order valence-electron chi connectivity index (χ4n) is 11.7. The first-order valence-electron chi connectivity index (χ1n) is 22.8. The highest BCUT2D eigenvalue weighted by molar-refractivity contribution is 6.09. The van der Waals surface area contributed by atoms with Gasteiger partial charge >= 0.3 is 24.1 Å². The number of pyridine rings is 2. The van der Waals surface area contributed by atoms with Crippen LogP contribution in [0.2, 0.25) is 0 Å². The van der Waals surface area contributed by atoms with Crippen LogP contribution in [0.25, 0.3) is 33.3 Å². The number of ether oxygens (including phenoxy) is 5. The molecule has 3 heterocycles. The SMILES string of the molecule is CCOC(=O)c1c(-c2ccc(-c3cnn(CC45CC6(C)CC(C)(C4)CC(OCCN(C(=O)OC(C)(C)C)C(=O)OC(C)(C)C)(C6)C5)c3C)c(C(=O)OC(C)(C)C)n2)cnc2ccccc12. The van der Waals surface area contributed by atoms with Crippen LogP contribution in [0, 0.1) is 23.2 Å². The summed E-state index contributed by atoms with van der Waals surface area (Å²) in [6.45, 7) is 25.4. The molecule has 4 aliphatic rings. The lowest BCUT2D eigenvalue weighted by atomic mass is 9.39. The normalized spacial score (nSPS) is 23.9. The number of imide groups is 1. The zero-order chi connectivity index (χ0) is 47.5. The van der Waals surface area contributed by atoms with E-state index in [0.29, 0.717) is 39.8 Å². The van der Waals surface area contributed by atoms with Gasteiger partial charge in [0, 0.05) is 40.5 Å². The maximum Gasteiger partial charge on any atom is 0.419 e. The van der Waals surface area contributed by atoms with Crippen LogP contribution in [0.1, 0.15) is 148 Å². The van der Waals surface area contributed by atoms with Gasteiger partial charge in [0.05, 0.1) is 48.3 Å². The standard InChI is InChI=1S/C51H67N5O9/c1-14-61-41(57)39-34-17-15-16-18-37(34)52-23-36(39)38-20-19-33(40(54-38)42(58)63-45(3,4)5)35-24-53-56(32(35)2)31-50-26-48(12)25-49(13,27-50)29-51(28-48,30-50)62-22-21-55(43(59)64-46(6,7)8)44(60)65-47(9,10)11/h15-20,23-24H,14,21-22,25-31H2,1-13H3. The molecule has 0 saturated heterocycles. The van der Waals surface area contributed by atoms with Gasteiger partial charge in [0.2, 0.25) is 0 Å². The van der Waals surface area contributed by atoms with Gasteiger partial charge in [-0.05, 0) is 149 Å². The highest BCUT2D eigenvalue weighted by Gasteiger charge is 2.66. The summed E-state index contributed by atoms with van der Waals surface area (Å²) in [4.78, 5) is 64.9. The van der Waals surface area contributed by atoms with E-state index < -0.39 is 46.5 Å². The molecular weight excluding hydrogens is 827 g/mol. The van der Waals surface area contributed by atoms with Crippen molar-refractivity contribution in [2.24, 2.45) is 16.2 Å². The predicted molar refractivity (Wildman–Crippen MR) is 246 cm³/mol. The summed E-state index contributed by atoms with van der Waals surface area (Å²) < 4.78 is 31.7. The summed E-state index contributed by atoms with van der Waals surface area (Å²) in [7, 11) is 0. The fraction of sp³-hybridized carbons (Fsp3) is 0.588. The van der Waals surface area contributed by atoms with Crippen LogP contribution in [0.15, 0.2) is 48.8 Å². The van der Waals surface area contributed by atoms with Crippen molar-refractivity contribution in [3.05, 3.63) is 65.7 Å². The molecule has 3 aromatic heterocycles. The number of nitrogens with zero attached hydrogens (tertiary/aromatic N) is 5. The van der Waals surface area contributed by atoms with Crippen LogP contribution in [0.5, 0.6) is 0 Å². The van der Waals surface area contributed by atoms with Crippen molar-refractivity contribution in [1.29, 1.82) is 0 Å². The Kier molecular flexibility index (Phi) is 12.3. The van der Waals surface area contributed by atoms with Crippen molar-refractivity contribution in [2.75, 3.05) is 19.8 Å². The van der Waals surface area contributed by atoms with E-state index in [1.807, 2.05) is 58.0 Å². The number of aromatic nitrogens is 4. The molecule has 2 unspecified atom stereocenters. The van der Waals surface area contributed by atoms with E-state index in [4.69, 9.17) is 33.8 Å². The maximum atomic E-state index is 14.1. The molecule has 65 heavy (non-hydrogen) atoms. The lowest BCUT2D eigenvalue weighted by Gasteiger charge is -2.69. The third-order valence-electron chi connectivity index (χ3n) is 12.5. The average Bonchev–Trinajstić information content (AvgIpc) is 3.50. The van der Waals surface area contributed by atoms with E-state index >= 15 is 0 Å². The second kappa shape index (κ2) is 16.8. The molecule has 4 aromatic rings. The minimum Gasteiger partial charge on any atom is -0.462 e. The first-order chi connectivity index (χ1) is 30.1. The Labute approximate surface area is 383 Å². The van der Waals surface area contributed by atoms with Crippen LogP contribution in [0.4, 0.5) is 9.59 Å². The first-order valence-corrected chi connectivity index (χ1v) is 22.8. The molecule has 2 amide bonds. The van der Waals surface area contributed by atoms with Gasteiger partial charge in [-0.1, -0.05) is 32.0 Å².